The van der Waals surface area contributed by atoms with E-state index in [0.717, 1.165) is 65.7 Å². The zero-order valence-electron chi connectivity index (χ0n) is 17.3. The number of anilines is 3. The first-order valence-corrected chi connectivity index (χ1v) is 10.3. The summed E-state index contributed by atoms with van der Waals surface area (Å²) in [4.78, 5) is 23.7. The maximum absolute atomic E-state index is 4.76. The van der Waals surface area contributed by atoms with E-state index in [2.05, 4.69) is 35.1 Å². The molecule has 3 aromatic heterocycles. The number of thiazole rings is 1. The average molecular weight is 421 g/mol. The van der Waals surface area contributed by atoms with Crippen molar-refractivity contribution in [3.05, 3.63) is 30.1 Å². The van der Waals surface area contributed by atoms with Crippen molar-refractivity contribution in [3.8, 4) is 0 Å². The van der Waals surface area contributed by atoms with Crippen LogP contribution in [0, 0.1) is 0 Å². The number of piperazine rings is 1. The van der Waals surface area contributed by atoms with E-state index in [9.17, 15) is 0 Å². The molecule has 9 nitrogen and oxygen atoms in total. The molecule has 29 heavy (non-hydrogen) atoms. The van der Waals surface area contributed by atoms with Crippen molar-refractivity contribution in [2.75, 3.05) is 64.7 Å². The summed E-state index contributed by atoms with van der Waals surface area (Å²) < 4.78 is 4.25. The van der Waals surface area contributed by atoms with Crippen LogP contribution in [0.2, 0.25) is 0 Å². The van der Waals surface area contributed by atoms with E-state index >= 15 is 0 Å². The molecule has 0 bridgehead atoms. The summed E-state index contributed by atoms with van der Waals surface area (Å²) in [6.45, 7) is 4.49. The molecule has 1 fully saturated rings. The molecule has 1 saturated heterocycles. The maximum atomic E-state index is 4.76. The second-order valence-corrected chi connectivity index (χ2v) is 7.88. The van der Waals surface area contributed by atoms with Gasteiger partial charge in [-0.1, -0.05) is 11.3 Å². The van der Waals surface area contributed by atoms with Crippen LogP contribution in [0.4, 0.5) is 16.9 Å². The van der Waals surface area contributed by atoms with Crippen LogP contribution in [-0.4, -0.2) is 79.3 Å². The Labute approximate surface area is 178 Å². The third kappa shape index (κ3) is 6.04. The molecule has 0 aliphatic carbocycles. The number of aromatic nitrogens is 4. The molecule has 4 rings (SSSR count). The Bertz CT molecular complexity index is 888. The molecule has 0 spiro atoms. The lowest BCUT2D eigenvalue weighted by Gasteiger charge is -2.28. The van der Waals surface area contributed by atoms with Crippen LogP contribution >= 0.6 is 11.3 Å². The van der Waals surface area contributed by atoms with Crippen LogP contribution in [0.25, 0.3) is 10.3 Å². The standard InChI is InChI=1S/C17H22N8S.C2H6O.2H2/c1-24(2)11-12-10-14(22-16(20-12)25-8-6-18-7-9-25)23-17-21-13-4-3-5-19-15(13)26-17;1-3-2;;/h3-5,10,18H,6-9,11H2,1-2H3,(H,20,21,22,23);1-2H3;2*1H. The van der Waals surface area contributed by atoms with E-state index in [-0.39, 0.29) is 2.85 Å². The predicted molar refractivity (Wildman–Crippen MR) is 122 cm³/mol. The first-order chi connectivity index (χ1) is 14.1. The van der Waals surface area contributed by atoms with Crippen molar-refractivity contribution in [3.63, 3.8) is 0 Å². The van der Waals surface area contributed by atoms with Gasteiger partial charge >= 0.3 is 0 Å². The predicted octanol–water partition coefficient (Wildman–Crippen LogP) is 2.45. The van der Waals surface area contributed by atoms with Crippen molar-refractivity contribution in [1.29, 1.82) is 0 Å². The van der Waals surface area contributed by atoms with Crippen LogP contribution in [-0.2, 0) is 11.3 Å². The van der Waals surface area contributed by atoms with E-state index < -0.39 is 0 Å². The molecule has 0 radical (unpaired) electrons. The molecule has 0 amide bonds. The minimum absolute atomic E-state index is 0. The molecule has 0 aromatic carbocycles. The van der Waals surface area contributed by atoms with Crippen molar-refractivity contribution in [2.24, 2.45) is 0 Å². The van der Waals surface area contributed by atoms with Crippen molar-refractivity contribution < 1.29 is 7.59 Å². The Morgan fingerprint density at radius 2 is 2.00 bits per heavy atom. The number of methoxy groups -OCH3 is 1. The topological polar surface area (TPSA) is 91.3 Å². The molecule has 1 aliphatic rings. The molecule has 0 atom stereocenters. The Morgan fingerprint density at radius 3 is 2.69 bits per heavy atom. The number of fused-ring (bicyclic) bond motifs is 1. The number of nitrogens with zero attached hydrogens (tertiary/aromatic N) is 6. The molecule has 4 heterocycles. The summed E-state index contributed by atoms with van der Waals surface area (Å²) in [6.07, 6.45) is 1.78. The summed E-state index contributed by atoms with van der Waals surface area (Å²) in [7, 11) is 7.33. The average Bonchev–Trinajstić information content (AvgIpc) is 3.11. The van der Waals surface area contributed by atoms with E-state index in [0.29, 0.717) is 0 Å². The first kappa shape index (κ1) is 21.3. The highest BCUT2D eigenvalue weighted by Gasteiger charge is 2.16. The molecule has 0 saturated carbocycles. The molecule has 2 N–H and O–H groups in total. The molecule has 10 heteroatoms. The monoisotopic (exact) mass is 420 g/mol. The summed E-state index contributed by atoms with van der Waals surface area (Å²) in [6, 6.07) is 5.85. The summed E-state index contributed by atoms with van der Waals surface area (Å²) in [5.74, 6) is 1.54. The number of nitrogens with one attached hydrogen (secondary N) is 2. The third-order valence-corrected chi connectivity index (χ3v) is 4.94. The summed E-state index contributed by atoms with van der Waals surface area (Å²) in [5, 5.41) is 7.50. The summed E-state index contributed by atoms with van der Waals surface area (Å²) >= 11 is 1.53. The largest absolute Gasteiger partial charge is 0.388 e. The van der Waals surface area contributed by atoms with Crippen LogP contribution < -0.4 is 15.5 Å². The Hall–Kier alpha value is -2.40. The lowest BCUT2D eigenvalue weighted by atomic mass is 10.3. The second kappa shape index (κ2) is 10.4. The number of hydrogen-bond acceptors (Lipinski definition) is 10. The highest BCUT2D eigenvalue weighted by molar-refractivity contribution is 7.21. The number of hydrogen-bond donors (Lipinski definition) is 2. The van der Waals surface area contributed by atoms with Gasteiger partial charge in [-0.05, 0) is 26.2 Å². The smallest absolute Gasteiger partial charge is 0.227 e. The van der Waals surface area contributed by atoms with Crippen LogP contribution in [0.1, 0.15) is 8.55 Å². The van der Waals surface area contributed by atoms with Crippen molar-refractivity contribution in [2.45, 2.75) is 6.54 Å². The second-order valence-electron chi connectivity index (χ2n) is 6.90. The summed E-state index contributed by atoms with van der Waals surface area (Å²) in [5.41, 5.74) is 1.88. The van der Waals surface area contributed by atoms with Crippen LogP contribution in [0.3, 0.4) is 0 Å². The van der Waals surface area contributed by atoms with Gasteiger partial charge in [0.2, 0.25) is 5.95 Å². The minimum Gasteiger partial charge on any atom is -0.388 e. The normalized spacial score (nSPS) is 14.0. The molecular weight excluding hydrogens is 388 g/mol. The fraction of sp³-hybridized carbons (Fsp3) is 0.474. The van der Waals surface area contributed by atoms with E-state index in [4.69, 9.17) is 9.97 Å². The van der Waals surface area contributed by atoms with E-state index in [1.54, 1.807) is 20.4 Å². The Kier molecular flexibility index (Phi) is 7.64. The molecule has 0 unspecified atom stereocenters. The minimum atomic E-state index is 0. The van der Waals surface area contributed by atoms with Gasteiger partial charge in [-0.3, -0.25) is 0 Å². The highest BCUT2D eigenvalue weighted by Crippen LogP contribution is 2.27. The molecular formula is C19H32N8OS. The fourth-order valence-electron chi connectivity index (χ4n) is 2.89. The van der Waals surface area contributed by atoms with Gasteiger partial charge < -0.3 is 25.2 Å². The Balaban J connectivity index is 0.000000910. The molecule has 1 aliphatic heterocycles. The van der Waals surface area contributed by atoms with Crippen molar-refractivity contribution in [1.82, 2.24) is 30.2 Å². The Morgan fingerprint density at radius 1 is 1.24 bits per heavy atom. The van der Waals surface area contributed by atoms with Gasteiger partial charge in [0.1, 0.15) is 16.2 Å². The SMILES string of the molecule is CN(C)Cc1cc(Nc2nc3cccnc3s2)nc(N2CCNCC2)n1.COC.[HH].[HH]. The number of pyridine rings is 1. The zero-order valence-corrected chi connectivity index (χ0v) is 18.2. The van der Waals surface area contributed by atoms with Gasteiger partial charge in [-0.25, -0.2) is 15.0 Å². The molecule has 160 valence electrons. The lowest BCUT2D eigenvalue weighted by Crippen LogP contribution is -2.44. The van der Waals surface area contributed by atoms with Gasteiger partial charge in [0.15, 0.2) is 5.13 Å². The van der Waals surface area contributed by atoms with Gasteiger partial charge in [-0.15, -0.1) is 0 Å². The maximum Gasteiger partial charge on any atom is 0.227 e. The highest BCUT2D eigenvalue weighted by atomic mass is 32.1. The van der Waals surface area contributed by atoms with Crippen LogP contribution in [0.15, 0.2) is 24.4 Å². The first-order valence-electron chi connectivity index (χ1n) is 9.46. The number of ether oxygens (including phenoxy) is 1. The van der Waals surface area contributed by atoms with Gasteiger partial charge in [-0.2, -0.15) is 4.98 Å². The lowest BCUT2D eigenvalue weighted by molar-refractivity contribution is 0.277. The molecule has 3 aromatic rings. The quantitative estimate of drug-likeness (QED) is 0.646. The van der Waals surface area contributed by atoms with Crippen molar-refractivity contribution >= 4 is 38.6 Å². The van der Waals surface area contributed by atoms with E-state index in [1.165, 1.54) is 11.3 Å². The van der Waals surface area contributed by atoms with Gasteiger partial charge in [0.25, 0.3) is 0 Å². The van der Waals surface area contributed by atoms with Gasteiger partial charge in [0.05, 0.1) is 5.69 Å². The fourth-order valence-corrected chi connectivity index (χ4v) is 3.71. The zero-order chi connectivity index (χ0) is 20.6. The van der Waals surface area contributed by atoms with Crippen LogP contribution in [0.5, 0.6) is 0 Å². The van der Waals surface area contributed by atoms with Gasteiger partial charge in [0, 0.05) is 62.1 Å². The van der Waals surface area contributed by atoms with E-state index in [1.807, 2.05) is 32.3 Å². The third-order valence-electron chi connectivity index (χ3n) is 4.05. The number of rotatable bonds is 5.